The van der Waals surface area contributed by atoms with Crippen molar-refractivity contribution < 1.29 is 22.3 Å². The molecule has 1 nitrogen and oxygen atoms in total. The third kappa shape index (κ3) is 3.40. The van der Waals surface area contributed by atoms with E-state index in [1.54, 1.807) is 12.1 Å². The van der Waals surface area contributed by atoms with Gasteiger partial charge in [0, 0.05) is 10.9 Å². The monoisotopic (exact) mass is 384 g/mol. The molecule has 0 saturated heterocycles. The van der Waals surface area contributed by atoms with E-state index in [9.17, 15) is 13.2 Å². The van der Waals surface area contributed by atoms with Gasteiger partial charge < -0.3 is 4.74 Å². The van der Waals surface area contributed by atoms with Crippen LogP contribution in [0.4, 0.5) is 17.6 Å². The molecule has 4 aromatic rings. The zero-order valence-corrected chi connectivity index (χ0v) is 15.0. The summed E-state index contributed by atoms with van der Waals surface area (Å²) in [7, 11) is 0. The number of benzene rings is 4. The molecule has 0 bridgehead atoms. The van der Waals surface area contributed by atoms with Crippen LogP contribution in [-0.2, 0) is 6.42 Å². The predicted molar refractivity (Wildman–Crippen MR) is 103 cm³/mol. The van der Waals surface area contributed by atoms with E-state index in [0.29, 0.717) is 16.5 Å². The van der Waals surface area contributed by atoms with E-state index >= 15 is 4.39 Å². The Labute approximate surface area is 159 Å². The quantitative estimate of drug-likeness (QED) is 0.267. The lowest BCUT2D eigenvalue weighted by Crippen LogP contribution is -2.16. The molecule has 0 N–H and O–H groups in total. The molecule has 0 atom stereocenters. The van der Waals surface area contributed by atoms with Crippen LogP contribution >= 0.6 is 0 Å². The first-order valence-corrected chi connectivity index (χ1v) is 8.86. The molecule has 0 aliphatic rings. The summed E-state index contributed by atoms with van der Waals surface area (Å²) < 4.78 is 55.9. The summed E-state index contributed by atoms with van der Waals surface area (Å²) in [6, 6.07) is 18.5. The number of fused-ring (bicyclic) bond motifs is 3. The standard InChI is InChI=1S/C23H16F4O/c1-2-14-3-9-18-16(13-14)6-10-21-20(18)12-11-19(22(21)24)15-4-7-17(8-5-15)28-23(25,26)27/h3-13H,2H2,1H3. The fraction of sp³-hybridized carbons (Fsp3) is 0.130. The molecule has 0 fully saturated rings. The van der Waals surface area contributed by atoms with Gasteiger partial charge in [-0.1, -0.05) is 61.5 Å². The Hall–Kier alpha value is -3.08. The third-order valence-electron chi connectivity index (χ3n) is 4.82. The van der Waals surface area contributed by atoms with E-state index < -0.39 is 12.2 Å². The summed E-state index contributed by atoms with van der Waals surface area (Å²) in [6.45, 7) is 2.08. The number of hydrogen-bond acceptors (Lipinski definition) is 1. The maximum absolute atomic E-state index is 15.2. The highest BCUT2D eigenvalue weighted by atomic mass is 19.4. The molecule has 4 rings (SSSR count). The average Bonchev–Trinajstić information content (AvgIpc) is 2.67. The van der Waals surface area contributed by atoms with Crippen LogP contribution in [0.1, 0.15) is 12.5 Å². The molecule has 0 radical (unpaired) electrons. The zero-order chi connectivity index (χ0) is 19.9. The van der Waals surface area contributed by atoms with Crippen LogP contribution in [0.25, 0.3) is 32.7 Å². The highest BCUT2D eigenvalue weighted by molar-refractivity contribution is 6.08. The fourth-order valence-corrected chi connectivity index (χ4v) is 3.44. The minimum absolute atomic E-state index is 0.329. The lowest BCUT2D eigenvalue weighted by Gasteiger charge is -2.12. The van der Waals surface area contributed by atoms with E-state index in [0.717, 1.165) is 22.6 Å². The molecule has 0 saturated carbocycles. The first-order chi connectivity index (χ1) is 13.4. The van der Waals surface area contributed by atoms with Crippen LogP contribution in [-0.4, -0.2) is 6.36 Å². The molecule has 4 aromatic carbocycles. The number of hydrogen-bond donors (Lipinski definition) is 0. The van der Waals surface area contributed by atoms with Crippen LogP contribution in [0.5, 0.6) is 5.75 Å². The number of alkyl halides is 3. The van der Waals surface area contributed by atoms with Crippen LogP contribution in [0.3, 0.4) is 0 Å². The van der Waals surface area contributed by atoms with Crippen molar-refractivity contribution in [1.29, 1.82) is 0 Å². The Morgan fingerprint density at radius 3 is 2.14 bits per heavy atom. The molecule has 0 amide bonds. The maximum Gasteiger partial charge on any atom is 0.573 e. The minimum atomic E-state index is -4.76. The van der Waals surface area contributed by atoms with Gasteiger partial charge in [0.05, 0.1) is 0 Å². The predicted octanol–water partition coefficient (Wildman–Crippen LogP) is 7.26. The highest BCUT2D eigenvalue weighted by Crippen LogP contribution is 2.34. The second-order valence-corrected chi connectivity index (χ2v) is 6.57. The third-order valence-corrected chi connectivity index (χ3v) is 4.82. The largest absolute Gasteiger partial charge is 0.573 e. The summed E-state index contributed by atoms with van der Waals surface area (Å²) in [5, 5.41) is 3.30. The second-order valence-electron chi connectivity index (χ2n) is 6.57. The van der Waals surface area contributed by atoms with Gasteiger partial charge in [0.1, 0.15) is 11.6 Å². The van der Waals surface area contributed by atoms with Gasteiger partial charge >= 0.3 is 6.36 Å². The van der Waals surface area contributed by atoms with Crippen molar-refractivity contribution in [1.82, 2.24) is 0 Å². The van der Waals surface area contributed by atoms with Crippen molar-refractivity contribution in [2.75, 3.05) is 0 Å². The van der Waals surface area contributed by atoms with Gasteiger partial charge in [0.25, 0.3) is 0 Å². The normalized spacial score (nSPS) is 11.9. The van der Waals surface area contributed by atoms with Gasteiger partial charge in [0.2, 0.25) is 0 Å². The molecular weight excluding hydrogens is 368 g/mol. The lowest BCUT2D eigenvalue weighted by molar-refractivity contribution is -0.274. The SMILES string of the molecule is CCc1ccc2c(ccc3c(F)c(-c4ccc(OC(F)(F)F)cc4)ccc32)c1. The molecule has 0 heterocycles. The Balaban J connectivity index is 1.78. The van der Waals surface area contributed by atoms with E-state index in [1.807, 2.05) is 24.3 Å². The minimum Gasteiger partial charge on any atom is -0.406 e. The van der Waals surface area contributed by atoms with Gasteiger partial charge in [-0.3, -0.25) is 0 Å². The van der Waals surface area contributed by atoms with Crippen molar-refractivity contribution in [2.45, 2.75) is 19.7 Å². The van der Waals surface area contributed by atoms with Gasteiger partial charge in [-0.05, 0) is 45.8 Å². The molecule has 28 heavy (non-hydrogen) atoms. The average molecular weight is 384 g/mol. The Morgan fingerprint density at radius 1 is 0.786 bits per heavy atom. The zero-order valence-electron chi connectivity index (χ0n) is 15.0. The molecule has 0 aliphatic heterocycles. The molecule has 0 spiro atoms. The van der Waals surface area contributed by atoms with Crippen molar-refractivity contribution in [2.24, 2.45) is 0 Å². The van der Waals surface area contributed by atoms with Gasteiger partial charge in [-0.15, -0.1) is 13.2 Å². The smallest absolute Gasteiger partial charge is 0.406 e. The van der Waals surface area contributed by atoms with Gasteiger partial charge in [-0.25, -0.2) is 4.39 Å². The molecular formula is C23H16F4O. The summed E-state index contributed by atoms with van der Waals surface area (Å²) in [5.74, 6) is -0.737. The maximum atomic E-state index is 15.2. The summed E-state index contributed by atoms with van der Waals surface area (Å²) in [5.41, 5.74) is 2.02. The topological polar surface area (TPSA) is 9.23 Å². The molecule has 0 unspecified atom stereocenters. The Bertz CT molecular complexity index is 1160. The van der Waals surface area contributed by atoms with Crippen LogP contribution in [0.2, 0.25) is 0 Å². The van der Waals surface area contributed by atoms with Crippen molar-refractivity contribution >= 4 is 21.5 Å². The van der Waals surface area contributed by atoms with Crippen LogP contribution in [0, 0.1) is 5.82 Å². The number of rotatable bonds is 3. The number of ether oxygens (including phenoxy) is 1. The van der Waals surface area contributed by atoms with Gasteiger partial charge in [-0.2, -0.15) is 0 Å². The summed E-state index contributed by atoms with van der Waals surface area (Å²) in [4.78, 5) is 0. The summed E-state index contributed by atoms with van der Waals surface area (Å²) in [6.07, 6.45) is -3.83. The van der Waals surface area contributed by atoms with E-state index in [-0.39, 0.29) is 5.75 Å². The molecule has 0 aromatic heterocycles. The van der Waals surface area contributed by atoms with E-state index in [4.69, 9.17) is 0 Å². The summed E-state index contributed by atoms with van der Waals surface area (Å²) >= 11 is 0. The van der Waals surface area contributed by atoms with Crippen molar-refractivity contribution in [3.8, 4) is 16.9 Å². The van der Waals surface area contributed by atoms with Crippen LogP contribution < -0.4 is 4.74 Å². The fourth-order valence-electron chi connectivity index (χ4n) is 3.44. The Kier molecular flexibility index (Phi) is 4.46. The van der Waals surface area contributed by atoms with E-state index in [1.165, 1.54) is 29.8 Å². The molecule has 0 aliphatic carbocycles. The first kappa shape index (κ1) is 18.3. The number of aryl methyl sites for hydroxylation is 1. The molecule has 142 valence electrons. The Morgan fingerprint density at radius 2 is 1.46 bits per heavy atom. The van der Waals surface area contributed by atoms with Crippen molar-refractivity contribution in [3.05, 3.63) is 78.1 Å². The van der Waals surface area contributed by atoms with Crippen molar-refractivity contribution in [3.63, 3.8) is 0 Å². The molecule has 5 heteroatoms. The number of halogens is 4. The first-order valence-electron chi connectivity index (χ1n) is 8.86. The van der Waals surface area contributed by atoms with Crippen LogP contribution in [0.15, 0.2) is 66.7 Å². The lowest BCUT2D eigenvalue weighted by atomic mass is 9.95. The van der Waals surface area contributed by atoms with E-state index in [2.05, 4.69) is 17.7 Å². The highest BCUT2D eigenvalue weighted by Gasteiger charge is 2.31. The van der Waals surface area contributed by atoms with Gasteiger partial charge in [0.15, 0.2) is 0 Å². The second kappa shape index (κ2) is 6.82.